The van der Waals surface area contributed by atoms with Crippen LogP contribution in [0.2, 0.25) is 5.02 Å². The van der Waals surface area contributed by atoms with Crippen molar-refractivity contribution in [2.24, 2.45) is 0 Å². The summed E-state index contributed by atoms with van der Waals surface area (Å²) in [6, 6.07) is 1.70. The molecule has 114 valence electrons. The van der Waals surface area contributed by atoms with Gasteiger partial charge in [-0.15, -0.1) is 0 Å². The second kappa shape index (κ2) is 5.09. The summed E-state index contributed by atoms with van der Waals surface area (Å²) in [6.07, 6.45) is 9.31. The molecule has 5 nitrogen and oxygen atoms in total. The monoisotopic (exact) mass is 316 g/mol. The number of aromatic amines is 1. The van der Waals surface area contributed by atoms with Crippen molar-refractivity contribution < 1.29 is 4.79 Å². The molecule has 1 amide bonds. The molecule has 1 aliphatic carbocycles. The molecule has 1 saturated heterocycles. The molecule has 0 saturated carbocycles. The normalized spacial score (nSPS) is 23.8. The van der Waals surface area contributed by atoms with Gasteiger partial charge in [-0.1, -0.05) is 11.6 Å². The molecule has 1 spiro atoms. The Morgan fingerprint density at radius 2 is 2.27 bits per heavy atom. The molecule has 2 aliphatic rings. The minimum Gasteiger partial charge on any atom is -0.338 e. The van der Waals surface area contributed by atoms with Crippen LogP contribution >= 0.6 is 11.6 Å². The Balaban J connectivity index is 1.63. The molecule has 0 radical (unpaired) electrons. The number of aromatic nitrogens is 3. The lowest BCUT2D eigenvalue weighted by atomic mass is 9.77. The molecule has 0 bridgehead atoms. The summed E-state index contributed by atoms with van der Waals surface area (Å²) in [5.41, 5.74) is 3.11. The molecule has 1 aliphatic heterocycles. The lowest BCUT2D eigenvalue weighted by molar-refractivity contribution is 0.0633. The van der Waals surface area contributed by atoms with Crippen LogP contribution in [0.15, 0.2) is 24.7 Å². The molecule has 1 unspecified atom stereocenters. The van der Waals surface area contributed by atoms with E-state index in [-0.39, 0.29) is 11.3 Å². The Hall–Kier alpha value is -1.88. The van der Waals surface area contributed by atoms with Crippen LogP contribution in [0, 0.1) is 0 Å². The average Bonchev–Trinajstić information content (AvgIpc) is 3.13. The Morgan fingerprint density at radius 1 is 1.36 bits per heavy atom. The van der Waals surface area contributed by atoms with E-state index in [0.29, 0.717) is 10.6 Å². The number of piperidine rings is 1. The quantitative estimate of drug-likeness (QED) is 0.879. The van der Waals surface area contributed by atoms with Gasteiger partial charge in [-0.25, -0.2) is 0 Å². The predicted octanol–water partition coefficient (Wildman–Crippen LogP) is 2.58. The van der Waals surface area contributed by atoms with Crippen LogP contribution in [0.3, 0.4) is 0 Å². The van der Waals surface area contributed by atoms with Gasteiger partial charge in [0.1, 0.15) is 0 Å². The summed E-state index contributed by atoms with van der Waals surface area (Å²) in [5.74, 6) is -0.000518. The number of likely N-dealkylation sites (tertiary alicyclic amines) is 1. The fraction of sp³-hybridized carbons (Fsp3) is 0.438. The minimum atomic E-state index is -0.000518. The van der Waals surface area contributed by atoms with Crippen LogP contribution in [0.5, 0.6) is 0 Å². The Labute approximate surface area is 133 Å². The second-order valence-corrected chi connectivity index (χ2v) is 6.64. The van der Waals surface area contributed by atoms with Gasteiger partial charge in [0.05, 0.1) is 16.8 Å². The Morgan fingerprint density at radius 3 is 3.14 bits per heavy atom. The van der Waals surface area contributed by atoms with Crippen LogP contribution in [-0.2, 0) is 11.8 Å². The number of carbonyl (C=O) groups is 1. The lowest BCUT2D eigenvalue weighted by Gasteiger charge is -2.40. The van der Waals surface area contributed by atoms with E-state index in [1.165, 1.54) is 17.5 Å². The number of nitrogens with one attached hydrogen (secondary N) is 1. The first kappa shape index (κ1) is 13.8. The standard InChI is InChI=1S/C16H17ClN4O/c17-13-9-18-6-3-12(13)15(22)21-7-1-4-16(10-21)5-2-11-8-19-20-14(11)16/h3,6,8-9H,1-2,4-5,7,10H2,(H,19,20). The third kappa shape index (κ3) is 2.03. The van der Waals surface area contributed by atoms with Gasteiger partial charge in [0.15, 0.2) is 0 Å². The maximum atomic E-state index is 12.8. The smallest absolute Gasteiger partial charge is 0.255 e. The number of hydrogen-bond acceptors (Lipinski definition) is 3. The minimum absolute atomic E-state index is 0.000518. The molecule has 2 aromatic rings. The summed E-state index contributed by atoms with van der Waals surface area (Å²) < 4.78 is 0. The first-order chi connectivity index (χ1) is 10.7. The van der Waals surface area contributed by atoms with E-state index in [4.69, 9.17) is 11.6 Å². The van der Waals surface area contributed by atoms with Gasteiger partial charge in [0, 0.05) is 36.6 Å². The van der Waals surface area contributed by atoms with Crippen molar-refractivity contribution in [3.8, 4) is 0 Å². The molecule has 6 heteroatoms. The highest BCUT2D eigenvalue weighted by molar-refractivity contribution is 6.33. The number of pyridine rings is 1. The van der Waals surface area contributed by atoms with Gasteiger partial charge in [-0.2, -0.15) is 5.10 Å². The van der Waals surface area contributed by atoms with Crippen LogP contribution in [-0.4, -0.2) is 39.1 Å². The molecule has 0 aromatic carbocycles. The molecule has 1 atom stereocenters. The van der Waals surface area contributed by atoms with E-state index in [1.807, 2.05) is 11.1 Å². The highest BCUT2D eigenvalue weighted by Crippen LogP contribution is 2.44. The first-order valence-corrected chi connectivity index (χ1v) is 7.99. The zero-order valence-corrected chi connectivity index (χ0v) is 12.9. The second-order valence-electron chi connectivity index (χ2n) is 6.24. The van der Waals surface area contributed by atoms with Gasteiger partial charge in [-0.3, -0.25) is 14.9 Å². The van der Waals surface area contributed by atoms with Gasteiger partial charge in [-0.05, 0) is 37.3 Å². The van der Waals surface area contributed by atoms with E-state index in [9.17, 15) is 4.79 Å². The van der Waals surface area contributed by atoms with Crippen molar-refractivity contribution in [1.82, 2.24) is 20.1 Å². The van der Waals surface area contributed by atoms with Gasteiger partial charge in [0.2, 0.25) is 0 Å². The summed E-state index contributed by atoms with van der Waals surface area (Å²) in [7, 11) is 0. The number of hydrogen-bond donors (Lipinski definition) is 1. The number of halogens is 1. The maximum Gasteiger partial charge on any atom is 0.255 e. The largest absolute Gasteiger partial charge is 0.338 e. The number of aryl methyl sites for hydroxylation is 1. The number of carbonyl (C=O) groups excluding carboxylic acids is 1. The van der Waals surface area contributed by atoms with E-state index in [1.54, 1.807) is 12.3 Å². The predicted molar refractivity (Wildman–Crippen MR) is 83.0 cm³/mol. The molecule has 1 fully saturated rings. The summed E-state index contributed by atoms with van der Waals surface area (Å²) in [4.78, 5) is 18.7. The van der Waals surface area contributed by atoms with E-state index < -0.39 is 0 Å². The number of amides is 1. The SMILES string of the molecule is O=C(c1ccncc1Cl)N1CCCC2(CCc3cn[nH]c32)C1. The molecular formula is C16H17ClN4O. The van der Waals surface area contributed by atoms with Crippen molar-refractivity contribution in [2.45, 2.75) is 31.1 Å². The van der Waals surface area contributed by atoms with E-state index in [2.05, 4.69) is 15.2 Å². The van der Waals surface area contributed by atoms with Crippen LogP contribution in [0.4, 0.5) is 0 Å². The molecule has 4 rings (SSSR count). The molecular weight excluding hydrogens is 300 g/mol. The van der Waals surface area contributed by atoms with Crippen molar-refractivity contribution in [3.63, 3.8) is 0 Å². The summed E-state index contributed by atoms with van der Waals surface area (Å²) in [6.45, 7) is 1.52. The van der Waals surface area contributed by atoms with Crippen LogP contribution < -0.4 is 0 Å². The van der Waals surface area contributed by atoms with Gasteiger partial charge in [0.25, 0.3) is 5.91 Å². The average molecular weight is 317 g/mol. The summed E-state index contributed by atoms with van der Waals surface area (Å²) >= 11 is 6.13. The van der Waals surface area contributed by atoms with Gasteiger partial charge < -0.3 is 4.90 Å². The molecule has 3 heterocycles. The number of rotatable bonds is 1. The molecule has 1 N–H and O–H groups in total. The highest BCUT2D eigenvalue weighted by atomic mass is 35.5. The topological polar surface area (TPSA) is 61.9 Å². The third-order valence-electron chi connectivity index (χ3n) is 4.99. The van der Waals surface area contributed by atoms with Crippen molar-refractivity contribution in [3.05, 3.63) is 46.5 Å². The molecule has 22 heavy (non-hydrogen) atoms. The third-order valence-corrected chi connectivity index (χ3v) is 5.29. The Bertz CT molecular complexity index is 728. The Kier molecular flexibility index (Phi) is 3.18. The fourth-order valence-electron chi connectivity index (χ4n) is 3.89. The van der Waals surface area contributed by atoms with Gasteiger partial charge >= 0.3 is 0 Å². The molecule has 2 aromatic heterocycles. The van der Waals surface area contributed by atoms with Crippen LogP contribution in [0.1, 0.15) is 40.9 Å². The zero-order chi connectivity index (χ0) is 15.2. The number of H-pyrrole nitrogens is 1. The summed E-state index contributed by atoms with van der Waals surface area (Å²) in [5, 5.41) is 7.76. The number of fused-ring (bicyclic) bond motifs is 2. The van der Waals surface area contributed by atoms with Crippen molar-refractivity contribution in [2.75, 3.05) is 13.1 Å². The lowest BCUT2D eigenvalue weighted by Crippen LogP contribution is -2.47. The van der Waals surface area contributed by atoms with E-state index >= 15 is 0 Å². The van der Waals surface area contributed by atoms with Crippen molar-refractivity contribution in [1.29, 1.82) is 0 Å². The first-order valence-electron chi connectivity index (χ1n) is 7.61. The van der Waals surface area contributed by atoms with Crippen molar-refractivity contribution >= 4 is 17.5 Å². The number of nitrogens with zero attached hydrogens (tertiary/aromatic N) is 3. The highest BCUT2D eigenvalue weighted by Gasteiger charge is 2.44. The zero-order valence-electron chi connectivity index (χ0n) is 12.2. The fourth-order valence-corrected chi connectivity index (χ4v) is 4.09. The van der Waals surface area contributed by atoms with Crippen LogP contribution in [0.25, 0.3) is 0 Å². The van der Waals surface area contributed by atoms with E-state index in [0.717, 1.165) is 38.8 Å². The maximum absolute atomic E-state index is 12.8.